The number of fused-ring (bicyclic) bond motifs is 1. The van der Waals surface area contributed by atoms with Gasteiger partial charge in [-0.25, -0.2) is 15.0 Å². The van der Waals surface area contributed by atoms with Gasteiger partial charge in [0, 0.05) is 39.6 Å². The molecule has 2 aromatic heterocycles. The van der Waals surface area contributed by atoms with Gasteiger partial charge in [-0.15, -0.1) is 0 Å². The molecule has 1 amide bonds. The second-order valence-electron chi connectivity index (χ2n) is 6.30. The molecule has 0 bridgehead atoms. The van der Waals surface area contributed by atoms with E-state index in [1.54, 1.807) is 42.6 Å². The Hall–Kier alpha value is -3.48. The molecule has 0 fully saturated rings. The number of hydrogen-bond donors (Lipinski definition) is 2. The number of hydrogen-bond acceptors (Lipinski definition) is 5. The van der Waals surface area contributed by atoms with Crippen LogP contribution in [0.4, 0.5) is 17.2 Å². The van der Waals surface area contributed by atoms with E-state index in [9.17, 15) is 4.79 Å². The molecule has 30 heavy (non-hydrogen) atoms. The molecule has 148 valence electrons. The Kier molecular flexibility index (Phi) is 5.88. The molecular weight excluding hydrogens is 421 g/mol. The molecule has 2 heterocycles. The van der Waals surface area contributed by atoms with E-state index in [4.69, 9.17) is 23.2 Å². The second kappa shape index (κ2) is 8.90. The number of halogens is 2. The van der Waals surface area contributed by atoms with Crippen molar-refractivity contribution < 1.29 is 4.79 Å². The fraction of sp³-hybridized carbons (Fsp3) is 0. The maximum atomic E-state index is 12.3. The van der Waals surface area contributed by atoms with Crippen LogP contribution in [0.25, 0.3) is 17.0 Å². The minimum atomic E-state index is -0.296. The van der Waals surface area contributed by atoms with Gasteiger partial charge < -0.3 is 10.6 Å². The van der Waals surface area contributed by atoms with Gasteiger partial charge in [0.05, 0.1) is 5.52 Å². The van der Waals surface area contributed by atoms with E-state index in [0.717, 1.165) is 16.6 Å². The number of nitrogens with one attached hydrogen (secondary N) is 2. The smallest absolute Gasteiger partial charge is 0.248 e. The molecule has 0 saturated heterocycles. The predicted octanol–water partition coefficient (Wildman–Crippen LogP) is 5.73. The number of aromatic nitrogens is 3. The summed E-state index contributed by atoms with van der Waals surface area (Å²) in [6, 6.07) is 16.3. The van der Waals surface area contributed by atoms with Crippen LogP contribution in [0.1, 0.15) is 5.56 Å². The van der Waals surface area contributed by atoms with Crippen LogP contribution in [0.15, 0.2) is 73.2 Å². The Labute approximate surface area is 182 Å². The molecule has 4 rings (SSSR count). The fourth-order valence-electron chi connectivity index (χ4n) is 2.81. The van der Waals surface area contributed by atoms with Gasteiger partial charge >= 0.3 is 0 Å². The average molecular weight is 436 g/mol. The van der Waals surface area contributed by atoms with Crippen LogP contribution >= 0.6 is 23.2 Å². The SMILES string of the molecule is O=C(/C=C/c1cccnc1Cl)Nc1ccc2ncnc(Nc3cccc(Cl)c3)c2c1. The van der Waals surface area contributed by atoms with E-state index in [1.807, 2.05) is 24.3 Å². The second-order valence-corrected chi connectivity index (χ2v) is 7.09. The van der Waals surface area contributed by atoms with E-state index < -0.39 is 0 Å². The zero-order valence-electron chi connectivity index (χ0n) is 15.5. The summed E-state index contributed by atoms with van der Waals surface area (Å²) in [5, 5.41) is 7.78. The lowest BCUT2D eigenvalue weighted by Crippen LogP contribution is -2.08. The van der Waals surface area contributed by atoms with Gasteiger partial charge in [-0.3, -0.25) is 4.79 Å². The molecule has 0 atom stereocenters. The third kappa shape index (κ3) is 4.74. The molecule has 0 aliphatic carbocycles. The van der Waals surface area contributed by atoms with Crippen molar-refractivity contribution in [2.24, 2.45) is 0 Å². The number of amides is 1. The largest absolute Gasteiger partial charge is 0.340 e. The standard InChI is InChI=1S/C22H15Cl2N5O/c23-15-4-1-5-16(11-15)29-22-18-12-17(7-8-19(18)26-13-27-22)28-20(30)9-6-14-3-2-10-25-21(14)24/h1-13H,(H,28,30)(H,26,27,29)/b9-6+. The molecule has 2 aromatic carbocycles. The van der Waals surface area contributed by atoms with Gasteiger partial charge in [-0.1, -0.05) is 35.3 Å². The zero-order valence-corrected chi connectivity index (χ0v) is 17.0. The lowest BCUT2D eigenvalue weighted by Gasteiger charge is -2.10. The molecule has 0 radical (unpaired) electrons. The Balaban J connectivity index is 1.56. The highest BCUT2D eigenvalue weighted by molar-refractivity contribution is 6.31. The Morgan fingerprint density at radius 3 is 2.67 bits per heavy atom. The Morgan fingerprint density at radius 1 is 0.933 bits per heavy atom. The zero-order chi connectivity index (χ0) is 20.9. The first-order chi connectivity index (χ1) is 14.6. The minimum absolute atomic E-state index is 0.296. The fourth-order valence-corrected chi connectivity index (χ4v) is 3.18. The quantitative estimate of drug-likeness (QED) is 0.309. The number of rotatable bonds is 5. The van der Waals surface area contributed by atoms with Gasteiger partial charge in [0.1, 0.15) is 17.3 Å². The number of pyridine rings is 1. The lowest BCUT2D eigenvalue weighted by atomic mass is 10.2. The molecular formula is C22H15Cl2N5O. The number of nitrogens with zero attached hydrogens (tertiary/aromatic N) is 3. The Morgan fingerprint density at radius 2 is 1.83 bits per heavy atom. The molecule has 0 saturated carbocycles. The molecule has 0 unspecified atom stereocenters. The molecule has 6 nitrogen and oxygen atoms in total. The average Bonchev–Trinajstić information content (AvgIpc) is 2.74. The van der Waals surface area contributed by atoms with E-state index in [0.29, 0.717) is 27.2 Å². The maximum Gasteiger partial charge on any atom is 0.248 e. The van der Waals surface area contributed by atoms with Crippen molar-refractivity contribution >= 4 is 63.3 Å². The first-order valence-electron chi connectivity index (χ1n) is 8.95. The van der Waals surface area contributed by atoms with Crippen LogP contribution in [0.5, 0.6) is 0 Å². The number of carbonyl (C=O) groups excluding carboxylic acids is 1. The van der Waals surface area contributed by atoms with Gasteiger partial charge in [-0.05, 0) is 48.5 Å². The molecule has 0 spiro atoms. The van der Waals surface area contributed by atoms with Crippen molar-refractivity contribution in [3.8, 4) is 0 Å². The van der Waals surface area contributed by atoms with E-state index in [2.05, 4.69) is 25.6 Å². The van der Waals surface area contributed by atoms with Crippen LogP contribution in [0, 0.1) is 0 Å². The third-order valence-corrected chi connectivity index (χ3v) is 4.74. The van der Waals surface area contributed by atoms with Crippen LogP contribution < -0.4 is 10.6 Å². The number of anilines is 3. The minimum Gasteiger partial charge on any atom is -0.340 e. The lowest BCUT2D eigenvalue weighted by molar-refractivity contribution is -0.111. The van der Waals surface area contributed by atoms with Crippen LogP contribution in [-0.2, 0) is 4.79 Å². The highest BCUT2D eigenvalue weighted by Crippen LogP contribution is 2.27. The normalized spacial score (nSPS) is 11.0. The molecule has 2 N–H and O–H groups in total. The molecule has 0 aliphatic heterocycles. The maximum absolute atomic E-state index is 12.3. The van der Waals surface area contributed by atoms with Crippen molar-refractivity contribution in [2.75, 3.05) is 10.6 Å². The predicted molar refractivity (Wildman–Crippen MR) is 121 cm³/mol. The molecule has 0 aliphatic rings. The van der Waals surface area contributed by atoms with Crippen molar-refractivity contribution in [3.05, 3.63) is 88.9 Å². The Bertz CT molecular complexity index is 1260. The third-order valence-electron chi connectivity index (χ3n) is 4.19. The van der Waals surface area contributed by atoms with Crippen LogP contribution in [0.3, 0.4) is 0 Å². The van der Waals surface area contributed by atoms with Crippen LogP contribution in [-0.4, -0.2) is 20.9 Å². The summed E-state index contributed by atoms with van der Waals surface area (Å²) in [5.74, 6) is 0.312. The van der Waals surface area contributed by atoms with Crippen molar-refractivity contribution in [3.63, 3.8) is 0 Å². The van der Waals surface area contributed by atoms with Crippen molar-refractivity contribution in [1.29, 1.82) is 0 Å². The summed E-state index contributed by atoms with van der Waals surface area (Å²) in [4.78, 5) is 24.9. The monoisotopic (exact) mass is 435 g/mol. The highest BCUT2D eigenvalue weighted by Gasteiger charge is 2.07. The summed E-state index contributed by atoms with van der Waals surface area (Å²) >= 11 is 12.1. The number of benzene rings is 2. The van der Waals surface area contributed by atoms with E-state index >= 15 is 0 Å². The van der Waals surface area contributed by atoms with E-state index in [1.165, 1.54) is 12.4 Å². The van der Waals surface area contributed by atoms with Gasteiger partial charge in [0.15, 0.2) is 0 Å². The first-order valence-corrected chi connectivity index (χ1v) is 9.71. The van der Waals surface area contributed by atoms with Crippen LogP contribution in [0.2, 0.25) is 10.2 Å². The summed E-state index contributed by atoms with van der Waals surface area (Å²) in [6.45, 7) is 0. The van der Waals surface area contributed by atoms with Gasteiger partial charge in [0.25, 0.3) is 0 Å². The first kappa shape index (κ1) is 19.8. The summed E-state index contributed by atoms with van der Waals surface area (Å²) < 4.78 is 0. The van der Waals surface area contributed by atoms with E-state index in [-0.39, 0.29) is 5.91 Å². The molecule has 4 aromatic rings. The summed E-state index contributed by atoms with van der Waals surface area (Å²) in [5.41, 5.74) is 2.81. The number of carbonyl (C=O) groups is 1. The topological polar surface area (TPSA) is 79.8 Å². The van der Waals surface area contributed by atoms with Crippen molar-refractivity contribution in [1.82, 2.24) is 15.0 Å². The molecule has 8 heteroatoms. The summed E-state index contributed by atoms with van der Waals surface area (Å²) in [7, 11) is 0. The summed E-state index contributed by atoms with van der Waals surface area (Å²) in [6.07, 6.45) is 6.08. The van der Waals surface area contributed by atoms with Gasteiger partial charge in [-0.2, -0.15) is 0 Å². The van der Waals surface area contributed by atoms with Crippen molar-refractivity contribution in [2.45, 2.75) is 0 Å². The van der Waals surface area contributed by atoms with Gasteiger partial charge in [0.2, 0.25) is 5.91 Å². The highest BCUT2D eigenvalue weighted by atomic mass is 35.5.